The van der Waals surface area contributed by atoms with Crippen molar-refractivity contribution >= 4 is 39.3 Å². The third kappa shape index (κ3) is 4.37. The first-order chi connectivity index (χ1) is 19.6. The Morgan fingerprint density at radius 1 is 0.854 bits per heavy atom. The molecule has 0 saturated heterocycles. The molecule has 0 aliphatic carbocycles. The molecule has 0 spiro atoms. The molecule has 0 bridgehead atoms. The van der Waals surface area contributed by atoms with Crippen molar-refractivity contribution in [2.45, 2.75) is 64.0 Å². The van der Waals surface area contributed by atoms with Gasteiger partial charge in [-0.2, -0.15) is 0 Å². The van der Waals surface area contributed by atoms with Gasteiger partial charge in [0.2, 0.25) is 5.71 Å². The van der Waals surface area contributed by atoms with E-state index in [9.17, 15) is 0 Å². The number of rotatable bonds is 3. The summed E-state index contributed by atoms with van der Waals surface area (Å²) in [4.78, 5) is 1.40. The van der Waals surface area contributed by atoms with E-state index in [-0.39, 0.29) is 5.41 Å². The highest BCUT2D eigenvalue weighted by Gasteiger charge is 2.43. The largest absolute Gasteiger partial charge is 0.309 e. The summed E-state index contributed by atoms with van der Waals surface area (Å²) in [7, 11) is 2.21. The van der Waals surface area contributed by atoms with Gasteiger partial charge in [0.25, 0.3) is 0 Å². The van der Waals surface area contributed by atoms with Gasteiger partial charge in [0, 0.05) is 32.8 Å². The normalized spacial score (nSPS) is 18.4. The second-order valence-electron chi connectivity index (χ2n) is 13.3. The summed E-state index contributed by atoms with van der Waals surface area (Å²) >= 11 is 2.04. The van der Waals surface area contributed by atoms with Crippen LogP contribution in [0.25, 0.3) is 27.5 Å². The second-order valence-corrected chi connectivity index (χ2v) is 14.5. The zero-order valence-electron chi connectivity index (χ0n) is 25.2. The molecule has 2 atom stereocenters. The van der Waals surface area contributed by atoms with E-state index >= 15 is 0 Å². The van der Waals surface area contributed by atoms with Crippen molar-refractivity contribution < 1.29 is 4.58 Å². The molecule has 0 saturated carbocycles. The summed E-state index contributed by atoms with van der Waals surface area (Å²) < 4.78 is 4.84. The SMILES string of the molecule is Cc1cc(C)c(C)c(C2=[N+](C)C=CC3c4ccc(-n5c6ccccc6c6ccc(CC(C)(C)C)cc65)cc4SC23)c1. The van der Waals surface area contributed by atoms with Crippen molar-refractivity contribution in [3.05, 3.63) is 118 Å². The number of aryl methyl sites for hydroxylation is 2. The third-order valence-electron chi connectivity index (χ3n) is 8.92. The molecule has 2 aliphatic heterocycles. The molecule has 4 aromatic carbocycles. The molecule has 1 aromatic heterocycles. The molecule has 0 radical (unpaired) electrons. The summed E-state index contributed by atoms with van der Waals surface area (Å²) in [6.45, 7) is 13.7. The maximum absolute atomic E-state index is 2.49. The van der Waals surface area contributed by atoms with Crippen LogP contribution in [-0.4, -0.2) is 27.2 Å². The van der Waals surface area contributed by atoms with Crippen molar-refractivity contribution in [2.24, 2.45) is 5.41 Å². The smallest absolute Gasteiger partial charge is 0.203 e. The highest BCUT2D eigenvalue weighted by Crippen LogP contribution is 2.50. The molecule has 0 N–H and O–H groups in total. The van der Waals surface area contributed by atoms with E-state index in [0.29, 0.717) is 11.2 Å². The minimum Gasteiger partial charge on any atom is -0.309 e. The van der Waals surface area contributed by atoms with E-state index in [0.717, 1.165) is 6.42 Å². The van der Waals surface area contributed by atoms with Crippen LogP contribution in [0.4, 0.5) is 0 Å². The third-order valence-corrected chi connectivity index (χ3v) is 10.3. The predicted molar refractivity (Wildman–Crippen MR) is 176 cm³/mol. The molecule has 3 heteroatoms. The lowest BCUT2D eigenvalue weighted by molar-refractivity contribution is -0.424. The van der Waals surface area contributed by atoms with Crippen LogP contribution < -0.4 is 0 Å². The topological polar surface area (TPSA) is 7.94 Å². The molecule has 7 rings (SSSR count). The average molecular weight is 556 g/mol. The fraction of sp³-hybridized carbons (Fsp3) is 0.289. The summed E-state index contributed by atoms with van der Waals surface area (Å²) in [5, 5.41) is 3.01. The molecular weight excluding hydrogens is 516 g/mol. The zero-order valence-corrected chi connectivity index (χ0v) is 26.1. The Morgan fingerprint density at radius 3 is 2.44 bits per heavy atom. The Hall–Kier alpha value is -3.56. The van der Waals surface area contributed by atoms with Crippen molar-refractivity contribution in [2.75, 3.05) is 7.05 Å². The minimum atomic E-state index is 0.244. The molecule has 206 valence electrons. The Balaban J connectivity index is 1.36. The number of hydrogen-bond donors (Lipinski definition) is 0. The number of benzene rings is 4. The zero-order chi connectivity index (χ0) is 28.6. The number of nitrogens with zero attached hydrogens (tertiary/aromatic N) is 2. The second kappa shape index (κ2) is 9.49. The van der Waals surface area contributed by atoms with Gasteiger partial charge in [0.05, 0.1) is 11.0 Å². The summed E-state index contributed by atoms with van der Waals surface area (Å²) in [5.74, 6) is 0.381. The van der Waals surface area contributed by atoms with E-state index in [1.807, 2.05) is 11.8 Å². The Kier molecular flexibility index (Phi) is 6.10. The van der Waals surface area contributed by atoms with Crippen molar-refractivity contribution in [3.63, 3.8) is 0 Å². The van der Waals surface area contributed by atoms with Gasteiger partial charge in [-0.1, -0.05) is 68.8 Å². The molecule has 2 unspecified atom stereocenters. The minimum absolute atomic E-state index is 0.244. The quantitative estimate of drug-likeness (QED) is 0.201. The van der Waals surface area contributed by atoms with Crippen LogP contribution in [0.3, 0.4) is 0 Å². The van der Waals surface area contributed by atoms with Gasteiger partial charge < -0.3 is 4.57 Å². The molecule has 0 amide bonds. The van der Waals surface area contributed by atoms with Crippen molar-refractivity contribution in [3.8, 4) is 5.69 Å². The first kappa shape index (κ1) is 26.3. The van der Waals surface area contributed by atoms with Crippen LogP contribution in [0.2, 0.25) is 0 Å². The molecule has 2 aliphatic rings. The van der Waals surface area contributed by atoms with Crippen molar-refractivity contribution in [1.82, 2.24) is 4.57 Å². The van der Waals surface area contributed by atoms with E-state index in [1.165, 1.54) is 71.5 Å². The highest BCUT2D eigenvalue weighted by atomic mass is 32.2. The van der Waals surface area contributed by atoms with Gasteiger partial charge in [0.15, 0.2) is 6.20 Å². The van der Waals surface area contributed by atoms with Gasteiger partial charge in [-0.15, -0.1) is 11.8 Å². The number of thioether (sulfide) groups is 1. The molecule has 5 aromatic rings. The van der Waals surface area contributed by atoms with Gasteiger partial charge >= 0.3 is 0 Å². The van der Waals surface area contributed by atoms with E-state index < -0.39 is 0 Å². The number of allylic oxidation sites excluding steroid dienone is 1. The maximum Gasteiger partial charge on any atom is 0.203 e. The van der Waals surface area contributed by atoms with E-state index in [2.05, 4.69) is 143 Å². The van der Waals surface area contributed by atoms with E-state index in [4.69, 9.17) is 0 Å². The van der Waals surface area contributed by atoms with Crippen LogP contribution in [-0.2, 0) is 6.42 Å². The number of aromatic nitrogens is 1. The average Bonchev–Trinajstić information content (AvgIpc) is 3.44. The Labute approximate surface area is 248 Å². The van der Waals surface area contributed by atoms with Crippen LogP contribution in [0.5, 0.6) is 0 Å². The monoisotopic (exact) mass is 555 g/mol. The molecule has 41 heavy (non-hydrogen) atoms. The first-order valence-corrected chi connectivity index (χ1v) is 15.7. The summed E-state index contributed by atoms with van der Waals surface area (Å²) in [6, 6.07) is 27.8. The number of hydrogen-bond acceptors (Lipinski definition) is 1. The lowest BCUT2D eigenvalue weighted by Gasteiger charge is -2.22. The van der Waals surface area contributed by atoms with Crippen LogP contribution in [0, 0.1) is 26.2 Å². The number of para-hydroxylation sites is 1. The van der Waals surface area contributed by atoms with Gasteiger partial charge in [0.1, 0.15) is 12.3 Å². The van der Waals surface area contributed by atoms with Gasteiger partial charge in [-0.3, -0.25) is 0 Å². The molecule has 2 nitrogen and oxygen atoms in total. The summed E-state index contributed by atoms with van der Waals surface area (Å²) in [6.07, 6.45) is 5.75. The lowest BCUT2D eigenvalue weighted by atomic mass is 9.86. The fourth-order valence-electron chi connectivity index (χ4n) is 7.01. The fourth-order valence-corrected chi connectivity index (χ4v) is 8.60. The standard InChI is InChI=1S/C38H39N2S/c1-23-18-24(2)25(3)32(19-23)36-37-31(16-17-39(36)7)30-15-13-27(21-35(30)41-37)40-33-11-9-8-10-28(33)29-14-12-26(20-34(29)40)22-38(4,5)6/h8-21,31,37H,22H2,1-7H3/q+1. The molecule has 0 fully saturated rings. The van der Waals surface area contributed by atoms with Crippen LogP contribution in [0.15, 0.2) is 90.0 Å². The predicted octanol–water partition coefficient (Wildman–Crippen LogP) is 9.51. The van der Waals surface area contributed by atoms with Crippen LogP contribution >= 0.6 is 11.8 Å². The first-order valence-electron chi connectivity index (χ1n) is 14.8. The molecular formula is C38H39N2S+. The van der Waals surface area contributed by atoms with Gasteiger partial charge in [-0.25, -0.2) is 4.58 Å². The van der Waals surface area contributed by atoms with E-state index in [1.54, 1.807) is 0 Å². The summed E-state index contributed by atoms with van der Waals surface area (Å²) in [5.41, 5.74) is 13.8. The Morgan fingerprint density at radius 2 is 1.63 bits per heavy atom. The Bertz CT molecular complexity index is 1930. The lowest BCUT2D eigenvalue weighted by Crippen LogP contribution is -2.32. The molecule has 3 heterocycles. The number of fused-ring (bicyclic) bond motifs is 6. The van der Waals surface area contributed by atoms with Crippen molar-refractivity contribution in [1.29, 1.82) is 0 Å². The van der Waals surface area contributed by atoms with Gasteiger partial charge in [-0.05, 0) is 91.3 Å². The maximum atomic E-state index is 2.49. The van der Waals surface area contributed by atoms with Crippen LogP contribution in [0.1, 0.15) is 60.1 Å². The highest BCUT2D eigenvalue weighted by molar-refractivity contribution is 8.01.